The van der Waals surface area contributed by atoms with Crippen LogP contribution in [0.3, 0.4) is 0 Å². The summed E-state index contributed by atoms with van der Waals surface area (Å²) in [5.41, 5.74) is 7.41. The van der Waals surface area contributed by atoms with E-state index in [9.17, 15) is 0 Å². The average Bonchev–Trinajstić information content (AvgIpc) is 2.42. The van der Waals surface area contributed by atoms with Crippen LogP contribution in [0.2, 0.25) is 0 Å². The Morgan fingerprint density at radius 1 is 1.11 bits per heavy atom. The van der Waals surface area contributed by atoms with Crippen LogP contribution >= 0.6 is 0 Å². The fourth-order valence-corrected chi connectivity index (χ4v) is 2.15. The monoisotopic (exact) mass is 248 g/mol. The molecular formula is C16H28N2. The molecule has 0 spiro atoms. The minimum atomic E-state index is 0.180. The predicted octanol–water partition coefficient (Wildman–Crippen LogP) is 3.63. The largest absolute Gasteiger partial charge is 0.324 e. The van der Waals surface area contributed by atoms with Gasteiger partial charge in [-0.05, 0) is 38.3 Å². The van der Waals surface area contributed by atoms with Gasteiger partial charge >= 0.3 is 0 Å². The zero-order valence-electron chi connectivity index (χ0n) is 11.9. The summed E-state index contributed by atoms with van der Waals surface area (Å²) >= 11 is 0. The van der Waals surface area contributed by atoms with E-state index in [-0.39, 0.29) is 6.04 Å². The maximum absolute atomic E-state index is 6.16. The van der Waals surface area contributed by atoms with Crippen LogP contribution in [-0.4, -0.2) is 12.6 Å². The van der Waals surface area contributed by atoms with E-state index in [1.165, 1.54) is 24.8 Å². The highest BCUT2D eigenvalue weighted by Crippen LogP contribution is 2.14. The van der Waals surface area contributed by atoms with Gasteiger partial charge < -0.3 is 11.1 Å². The number of rotatable bonds is 9. The molecule has 0 amide bonds. The van der Waals surface area contributed by atoms with Crippen molar-refractivity contribution in [2.24, 2.45) is 5.73 Å². The zero-order valence-corrected chi connectivity index (χ0v) is 11.9. The molecule has 0 saturated heterocycles. The molecule has 102 valence electrons. The molecule has 1 rings (SSSR count). The summed E-state index contributed by atoms with van der Waals surface area (Å²) in [4.78, 5) is 0. The summed E-state index contributed by atoms with van der Waals surface area (Å²) in [5, 5.41) is 3.57. The molecule has 2 atom stereocenters. The Labute approximate surface area is 112 Å². The third-order valence-corrected chi connectivity index (χ3v) is 3.40. The van der Waals surface area contributed by atoms with Crippen LogP contribution in [0.1, 0.15) is 57.6 Å². The highest BCUT2D eigenvalue weighted by atomic mass is 14.9. The molecule has 0 aliphatic heterocycles. The molecule has 0 bridgehead atoms. The lowest BCUT2D eigenvalue weighted by Crippen LogP contribution is -2.27. The molecule has 0 radical (unpaired) electrons. The smallest absolute Gasteiger partial charge is 0.0295 e. The first-order valence-electron chi connectivity index (χ1n) is 7.28. The molecule has 0 aromatic heterocycles. The standard InChI is InChI=1S/C16H28N2/c1-3-4-9-14(2)18-13-8-12-16(17)15-10-6-5-7-11-15/h5-7,10-11,14,16,18H,3-4,8-9,12-13,17H2,1-2H3. The Morgan fingerprint density at radius 2 is 1.83 bits per heavy atom. The van der Waals surface area contributed by atoms with Crippen LogP contribution in [0.5, 0.6) is 0 Å². The van der Waals surface area contributed by atoms with Crippen molar-refractivity contribution >= 4 is 0 Å². The Balaban J connectivity index is 2.11. The first-order chi connectivity index (χ1) is 8.74. The minimum absolute atomic E-state index is 0.180. The quantitative estimate of drug-likeness (QED) is 0.655. The van der Waals surface area contributed by atoms with Crippen LogP contribution < -0.4 is 11.1 Å². The lowest BCUT2D eigenvalue weighted by Gasteiger charge is -2.15. The van der Waals surface area contributed by atoms with Gasteiger partial charge in [-0.1, -0.05) is 50.1 Å². The zero-order chi connectivity index (χ0) is 13.2. The molecule has 2 heteroatoms. The van der Waals surface area contributed by atoms with E-state index < -0.39 is 0 Å². The van der Waals surface area contributed by atoms with Gasteiger partial charge in [-0.25, -0.2) is 0 Å². The summed E-state index contributed by atoms with van der Waals surface area (Å²) in [7, 11) is 0. The van der Waals surface area contributed by atoms with E-state index in [0.29, 0.717) is 6.04 Å². The minimum Gasteiger partial charge on any atom is -0.324 e. The second kappa shape index (κ2) is 9.12. The molecule has 2 nitrogen and oxygen atoms in total. The van der Waals surface area contributed by atoms with Crippen molar-refractivity contribution in [2.45, 2.75) is 58.0 Å². The SMILES string of the molecule is CCCCC(C)NCCCC(N)c1ccccc1. The number of nitrogens with one attached hydrogen (secondary N) is 1. The Morgan fingerprint density at radius 3 is 2.50 bits per heavy atom. The van der Waals surface area contributed by atoms with Crippen LogP contribution in [0.15, 0.2) is 30.3 Å². The molecule has 18 heavy (non-hydrogen) atoms. The van der Waals surface area contributed by atoms with Crippen LogP contribution in [0, 0.1) is 0 Å². The molecule has 0 aliphatic carbocycles. The third kappa shape index (κ3) is 6.18. The number of unbranched alkanes of at least 4 members (excludes halogenated alkanes) is 1. The second-order valence-corrected chi connectivity index (χ2v) is 5.16. The first kappa shape index (κ1) is 15.2. The molecule has 0 heterocycles. The Hall–Kier alpha value is -0.860. The molecule has 1 aromatic carbocycles. The fraction of sp³-hybridized carbons (Fsp3) is 0.625. The van der Waals surface area contributed by atoms with Crippen molar-refractivity contribution in [3.05, 3.63) is 35.9 Å². The van der Waals surface area contributed by atoms with E-state index in [1.807, 2.05) is 6.07 Å². The number of hydrogen-bond donors (Lipinski definition) is 2. The molecule has 2 unspecified atom stereocenters. The summed E-state index contributed by atoms with van der Waals surface area (Å²) in [6.45, 7) is 5.59. The van der Waals surface area contributed by atoms with Crippen LogP contribution in [-0.2, 0) is 0 Å². The van der Waals surface area contributed by atoms with Gasteiger partial charge in [0.2, 0.25) is 0 Å². The molecule has 3 N–H and O–H groups in total. The van der Waals surface area contributed by atoms with Gasteiger partial charge in [0, 0.05) is 12.1 Å². The maximum atomic E-state index is 6.16. The van der Waals surface area contributed by atoms with Gasteiger partial charge in [0.05, 0.1) is 0 Å². The summed E-state index contributed by atoms with van der Waals surface area (Å²) in [6.07, 6.45) is 6.08. The molecule has 0 fully saturated rings. The summed E-state index contributed by atoms with van der Waals surface area (Å²) < 4.78 is 0. The normalized spacial score (nSPS) is 14.4. The predicted molar refractivity (Wildman–Crippen MR) is 79.6 cm³/mol. The highest BCUT2D eigenvalue weighted by molar-refractivity contribution is 5.18. The maximum Gasteiger partial charge on any atom is 0.0295 e. The lowest BCUT2D eigenvalue weighted by atomic mass is 10.0. The third-order valence-electron chi connectivity index (χ3n) is 3.40. The van der Waals surface area contributed by atoms with E-state index in [2.05, 4.69) is 43.4 Å². The Bertz CT molecular complexity index is 297. The van der Waals surface area contributed by atoms with E-state index >= 15 is 0 Å². The topological polar surface area (TPSA) is 38.0 Å². The first-order valence-corrected chi connectivity index (χ1v) is 7.28. The van der Waals surface area contributed by atoms with Crippen molar-refractivity contribution < 1.29 is 0 Å². The summed E-state index contributed by atoms with van der Waals surface area (Å²) in [5.74, 6) is 0. The van der Waals surface area contributed by atoms with Gasteiger partial charge in [0.25, 0.3) is 0 Å². The molecular weight excluding hydrogens is 220 g/mol. The van der Waals surface area contributed by atoms with Crippen molar-refractivity contribution in [3.8, 4) is 0 Å². The van der Waals surface area contributed by atoms with E-state index in [0.717, 1.165) is 19.4 Å². The van der Waals surface area contributed by atoms with Crippen LogP contribution in [0.25, 0.3) is 0 Å². The Kier molecular flexibility index (Phi) is 7.70. The van der Waals surface area contributed by atoms with Gasteiger partial charge in [-0.15, -0.1) is 0 Å². The van der Waals surface area contributed by atoms with Crippen molar-refractivity contribution in [1.29, 1.82) is 0 Å². The summed E-state index contributed by atoms with van der Waals surface area (Å²) in [6, 6.07) is 11.2. The number of nitrogens with two attached hydrogens (primary N) is 1. The van der Waals surface area contributed by atoms with Gasteiger partial charge in [-0.2, -0.15) is 0 Å². The van der Waals surface area contributed by atoms with Crippen LogP contribution in [0.4, 0.5) is 0 Å². The molecule has 1 aromatic rings. The van der Waals surface area contributed by atoms with Crippen molar-refractivity contribution in [3.63, 3.8) is 0 Å². The fourth-order valence-electron chi connectivity index (χ4n) is 2.15. The average molecular weight is 248 g/mol. The molecule has 0 saturated carbocycles. The van der Waals surface area contributed by atoms with Crippen molar-refractivity contribution in [1.82, 2.24) is 5.32 Å². The molecule has 0 aliphatic rings. The van der Waals surface area contributed by atoms with Crippen molar-refractivity contribution in [2.75, 3.05) is 6.54 Å². The van der Waals surface area contributed by atoms with E-state index in [4.69, 9.17) is 5.73 Å². The van der Waals surface area contributed by atoms with E-state index in [1.54, 1.807) is 0 Å². The second-order valence-electron chi connectivity index (χ2n) is 5.16. The van der Waals surface area contributed by atoms with Gasteiger partial charge in [-0.3, -0.25) is 0 Å². The van der Waals surface area contributed by atoms with Gasteiger partial charge in [0.1, 0.15) is 0 Å². The lowest BCUT2D eigenvalue weighted by molar-refractivity contribution is 0.474. The number of hydrogen-bond acceptors (Lipinski definition) is 2. The van der Waals surface area contributed by atoms with Gasteiger partial charge in [0.15, 0.2) is 0 Å². The number of benzene rings is 1. The highest BCUT2D eigenvalue weighted by Gasteiger charge is 2.05.